The molecule has 0 saturated carbocycles. The molecule has 1 aliphatic rings. The van der Waals surface area contributed by atoms with Crippen LogP contribution in [0.2, 0.25) is 10.0 Å². The molecular formula is C9H5Cl2NO3. The molecular weight excluding hydrogens is 241 g/mol. The maximum absolute atomic E-state index is 11.2. The predicted molar refractivity (Wildman–Crippen MR) is 53.8 cm³/mol. The molecule has 1 saturated heterocycles. The number of rotatable bonds is 1. The molecule has 1 atom stereocenters. The summed E-state index contributed by atoms with van der Waals surface area (Å²) in [4.78, 5) is 22.0. The van der Waals surface area contributed by atoms with Crippen molar-refractivity contribution in [2.45, 2.75) is 6.04 Å². The van der Waals surface area contributed by atoms with Crippen LogP contribution in [0.15, 0.2) is 18.2 Å². The van der Waals surface area contributed by atoms with Crippen molar-refractivity contribution in [1.82, 2.24) is 5.32 Å². The van der Waals surface area contributed by atoms with Gasteiger partial charge in [0.15, 0.2) is 6.04 Å². The summed E-state index contributed by atoms with van der Waals surface area (Å²) < 4.78 is 4.33. The zero-order chi connectivity index (χ0) is 11.0. The Morgan fingerprint density at radius 1 is 1.27 bits per heavy atom. The third-order valence-electron chi connectivity index (χ3n) is 1.96. The van der Waals surface area contributed by atoms with Crippen LogP contribution in [0.25, 0.3) is 0 Å². The lowest BCUT2D eigenvalue weighted by Crippen LogP contribution is -2.20. The summed E-state index contributed by atoms with van der Waals surface area (Å²) in [6.07, 6.45) is -0.768. The molecule has 1 amide bonds. The topological polar surface area (TPSA) is 55.4 Å². The number of carbonyl (C=O) groups excluding carboxylic acids is 2. The lowest BCUT2D eigenvalue weighted by atomic mass is 10.1. The van der Waals surface area contributed by atoms with Gasteiger partial charge in [0.1, 0.15) is 0 Å². The second kappa shape index (κ2) is 3.72. The Kier molecular flexibility index (Phi) is 2.54. The van der Waals surface area contributed by atoms with E-state index in [4.69, 9.17) is 23.2 Å². The number of hydrogen-bond acceptors (Lipinski definition) is 3. The second-order valence-electron chi connectivity index (χ2n) is 2.95. The van der Waals surface area contributed by atoms with E-state index in [1.807, 2.05) is 0 Å². The molecule has 1 aromatic rings. The number of nitrogens with one attached hydrogen (secondary N) is 1. The van der Waals surface area contributed by atoms with Gasteiger partial charge in [-0.2, -0.15) is 0 Å². The number of carbonyl (C=O) groups is 2. The summed E-state index contributed by atoms with van der Waals surface area (Å²) in [5.74, 6) is -0.663. The number of benzene rings is 1. The molecule has 0 radical (unpaired) electrons. The molecule has 1 aliphatic heterocycles. The van der Waals surface area contributed by atoms with Crippen LogP contribution in [0.5, 0.6) is 0 Å². The average Bonchev–Trinajstić information content (AvgIpc) is 2.45. The number of cyclic esters (lactones) is 2. The fraction of sp³-hybridized carbons (Fsp3) is 0.111. The van der Waals surface area contributed by atoms with Crippen molar-refractivity contribution in [2.75, 3.05) is 0 Å². The minimum Gasteiger partial charge on any atom is -0.374 e. The van der Waals surface area contributed by atoms with Crippen LogP contribution >= 0.6 is 23.2 Å². The average molecular weight is 246 g/mol. The highest BCUT2D eigenvalue weighted by atomic mass is 35.5. The molecule has 6 heteroatoms. The normalized spacial score (nSPS) is 20.0. The Hall–Kier alpha value is -1.26. The number of amides is 1. The fourth-order valence-corrected chi connectivity index (χ4v) is 1.81. The van der Waals surface area contributed by atoms with Gasteiger partial charge in [0.05, 0.1) is 0 Å². The maximum Gasteiger partial charge on any atom is 0.415 e. The molecule has 0 aliphatic carbocycles. The summed E-state index contributed by atoms with van der Waals surface area (Å²) in [5, 5.41) is 3.11. The zero-order valence-corrected chi connectivity index (χ0v) is 8.80. The number of esters is 1. The predicted octanol–water partition coefficient (Wildman–Crippen LogP) is 2.30. The largest absolute Gasteiger partial charge is 0.415 e. The van der Waals surface area contributed by atoms with Crippen LogP contribution in [0.4, 0.5) is 4.79 Å². The molecule has 1 N–H and O–H groups in total. The van der Waals surface area contributed by atoms with Crippen molar-refractivity contribution >= 4 is 35.3 Å². The molecule has 2 rings (SSSR count). The van der Waals surface area contributed by atoms with Crippen molar-refractivity contribution in [3.63, 3.8) is 0 Å². The third kappa shape index (κ3) is 1.91. The quantitative estimate of drug-likeness (QED) is 0.611. The second-order valence-corrected chi connectivity index (χ2v) is 3.80. The van der Waals surface area contributed by atoms with Crippen molar-refractivity contribution in [3.05, 3.63) is 33.8 Å². The summed E-state index contributed by atoms with van der Waals surface area (Å²) in [6, 6.07) is 3.81. The highest BCUT2D eigenvalue weighted by Crippen LogP contribution is 2.28. The Labute approximate surface area is 95.1 Å². The van der Waals surface area contributed by atoms with Crippen LogP contribution in [0.1, 0.15) is 11.6 Å². The van der Waals surface area contributed by atoms with E-state index in [-0.39, 0.29) is 0 Å². The lowest BCUT2D eigenvalue weighted by Gasteiger charge is -2.08. The number of alkyl carbamates (subject to hydrolysis) is 1. The van der Waals surface area contributed by atoms with Crippen molar-refractivity contribution < 1.29 is 14.3 Å². The summed E-state index contributed by atoms with van der Waals surface area (Å²) in [7, 11) is 0. The molecule has 78 valence electrons. The molecule has 1 unspecified atom stereocenters. The SMILES string of the molecule is O=C1NC(c2ccc(Cl)cc2Cl)C(=O)O1. The molecule has 15 heavy (non-hydrogen) atoms. The van der Waals surface area contributed by atoms with Gasteiger partial charge in [0.2, 0.25) is 0 Å². The number of halogens is 2. The first kappa shape index (κ1) is 10.3. The third-order valence-corrected chi connectivity index (χ3v) is 2.53. The smallest absolute Gasteiger partial charge is 0.374 e. The Bertz CT molecular complexity index is 447. The van der Waals surface area contributed by atoms with Crippen LogP contribution in [-0.4, -0.2) is 12.1 Å². The molecule has 4 nitrogen and oxygen atoms in total. The zero-order valence-electron chi connectivity index (χ0n) is 7.29. The molecule has 0 aromatic heterocycles. The first-order valence-corrected chi connectivity index (χ1v) is 4.80. The van der Waals surface area contributed by atoms with E-state index in [2.05, 4.69) is 10.1 Å². The van der Waals surface area contributed by atoms with Gasteiger partial charge in [0.25, 0.3) is 0 Å². The van der Waals surface area contributed by atoms with Gasteiger partial charge >= 0.3 is 12.1 Å². The summed E-state index contributed by atoms with van der Waals surface area (Å²) in [5.41, 5.74) is 0.469. The highest BCUT2D eigenvalue weighted by Gasteiger charge is 2.34. The van der Waals surface area contributed by atoms with Crippen molar-refractivity contribution in [1.29, 1.82) is 0 Å². The number of hydrogen-bond donors (Lipinski definition) is 1. The summed E-state index contributed by atoms with van der Waals surface area (Å²) >= 11 is 11.6. The van der Waals surface area contributed by atoms with Gasteiger partial charge in [0, 0.05) is 15.6 Å². The van der Waals surface area contributed by atoms with Gasteiger partial charge in [-0.15, -0.1) is 0 Å². The van der Waals surface area contributed by atoms with Crippen LogP contribution < -0.4 is 5.32 Å². The van der Waals surface area contributed by atoms with Crippen LogP contribution in [0.3, 0.4) is 0 Å². The van der Waals surface area contributed by atoms with Crippen molar-refractivity contribution in [2.24, 2.45) is 0 Å². The Morgan fingerprint density at radius 3 is 2.53 bits per heavy atom. The monoisotopic (exact) mass is 245 g/mol. The minimum atomic E-state index is -0.845. The molecule has 0 spiro atoms. The minimum absolute atomic E-state index is 0.312. The van der Waals surface area contributed by atoms with E-state index in [9.17, 15) is 9.59 Å². The van der Waals surface area contributed by atoms with Gasteiger partial charge in [-0.25, -0.2) is 9.59 Å². The van der Waals surface area contributed by atoms with E-state index < -0.39 is 18.1 Å². The Morgan fingerprint density at radius 2 is 2.00 bits per heavy atom. The van der Waals surface area contributed by atoms with Gasteiger partial charge < -0.3 is 10.1 Å². The first-order valence-electron chi connectivity index (χ1n) is 4.05. The van der Waals surface area contributed by atoms with E-state index in [0.717, 1.165) is 0 Å². The molecule has 0 bridgehead atoms. The summed E-state index contributed by atoms with van der Waals surface area (Å²) in [6.45, 7) is 0. The van der Waals surface area contributed by atoms with Crippen LogP contribution in [0, 0.1) is 0 Å². The van der Waals surface area contributed by atoms with Gasteiger partial charge in [-0.05, 0) is 12.1 Å². The molecule has 1 heterocycles. The van der Waals surface area contributed by atoms with E-state index in [0.29, 0.717) is 15.6 Å². The first-order chi connectivity index (χ1) is 7.08. The van der Waals surface area contributed by atoms with E-state index in [1.165, 1.54) is 6.07 Å². The number of ether oxygens (including phenoxy) is 1. The maximum atomic E-state index is 11.2. The molecule has 1 fully saturated rings. The van der Waals surface area contributed by atoms with Gasteiger partial charge in [-0.3, -0.25) is 0 Å². The van der Waals surface area contributed by atoms with E-state index in [1.54, 1.807) is 12.1 Å². The van der Waals surface area contributed by atoms with Crippen molar-refractivity contribution in [3.8, 4) is 0 Å². The molecule has 1 aromatic carbocycles. The standard InChI is InChI=1S/C9H5Cl2NO3/c10-4-1-2-5(6(11)3-4)7-8(13)15-9(14)12-7/h1-3,7H,(H,12,14). The lowest BCUT2D eigenvalue weighted by molar-refractivity contribution is -0.135. The van der Waals surface area contributed by atoms with Gasteiger partial charge in [-0.1, -0.05) is 29.3 Å². The van der Waals surface area contributed by atoms with Crippen LogP contribution in [-0.2, 0) is 9.53 Å². The highest BCUT2D eigenvalue weighted by molar-refractivity contribution is 6.35. The van der Waals surface area contributed by atoms with E-state index >= 15 is 0 Å². The fourth-order valence-electron chi connectivity index (χ4n) is 1.30. The Balaban J connectivity index is 2.38.